The third kappa shape index (κ3) is 3.90. The van der Waals surface area contributed by atoms with Crippen LogP contribution in [-0.4, -0.2) is 47.4 Å². The summed E-state index contributed by atoms with van der Waals surface area (Å²) in [6.45, 7) is -0.248. The van der Waals surface area contributed by atoms with Gasteiger partial charge in [0, 0.05) is 12.1 Å². The average molecular weight is 382 g/mol. The SMILES string of the molecule is COc1ccc(N(CC(=O)NC2CC3CCC2C3)S(C)(=O)=O)cc1OC. The van der Waals surface area contributed by atoms with Crippen LogP contribution in [0.2, 0.25) is 0 Å². The predicted molar refractivity (Wildman–Crippen MR) is 99.1 cm³/mol. The van der Waals surface area contributed by atoms with Gasteiger partial charge in [-0.3, -0.25) is 9.10 Å². The average Bonchev–Trinajstić information content (AvgIpc) is 3.21. The Labute approximate surface area is 154 Å². The van der Waals surface area contributed by atoms with Gasteiger partial charge in [-0.2, -0.15) is 0 Å². The Balaban J connectivity index is 1.75. The Kier molecular flexibility index (Phi) is 5.32. The molecule has 0 saturated heterocycles. The quantitative estimate of drug-likeness (QED) is 0.777. The van der Waals surface area contributed by atoms with Crippen molar-refractivity contribution >= 4 is 21.6 Å². The molecule has 2 fully saturated rings. The number of nitrogens with one attached hydrogen (secondary N) is 1. The van der Waals surface area contributed by atoms with Crippen molar-refractivity contribution in [2.45, 2.75) is 31.7 Å². The molecule has 3 rings (SSSR count). The van der Waals surface area contributed by atoms with E-state index in [4.69, 9.17) is 9.47 Å². The molecule has 3 unspecified atom stereocenters. The lowest BCUT2D eigenvalue weighted by atomic mass is 9.95. The van der Waals surface area contributed by atoms with Gasteiger partial charge in [0.05, 0.1) is 26.2 Å². The minimum Gasteiger partial charge on any atom is -0.493 e. The number of fused-ring (bicyclic) bond motifs is 2. The molecule has 26 heavy (non-hydrogen) atoms. The molecule has 2 aliphatic carbocycles. The summed E-state index contributed by atoms with van der Waals surface area (Å²) < 4.78 is 36.0. The number of nitrogens with zero attached hydrogens (tertiary/aromatic N) is 1. The van der Waals surface area contributed by atoms with Crippen molar-refractivity contribution in [2.75, 3.05) is 31.3 Å². The van der Waals surface area contributed by atoms with E-state index < -0.39 is 10.0 Å². The lowest BCUT2D eigenvalue weighted by Crippen LogP contribution is -2.45. The summed E-state index contributed by atoms with van der Waals surface area (Å²) in [4.78, 5) is 12.5. The van der Waals surface area contributed by atoms with Crippen molar-refractivity contribution in [3.8, 4) is 11.5 Å². The normalized spacial score (nSPS) is 24.3. The number of methoxy groups -OCH3 is 2. The molecule has 1 aromatic carbocycles. The van der Waals surface area contributed by atoms with Crippen LogP contribution in [-0.2, 0) is 14.8 Å². The molecule has 0 spiro atoms. The van der Waals surface area contributed by atoms with Crippen LogP contribution in [0.5, 0.6) is 11.5 Å². The maximum absolute atomic E-state index is 12.5. The minimum absolute atomic E-state index is 0.174. The highest BCUT2D eigenvalue weighted by atomic mass is 32.2. The molecule has 1 amide bonds. The van der Waals surface area contributed by atoms with E-state index >= 15 is 0 Å². The van der Waals surface area contributed by atoms with E-state index in [1.54, 1.807) is 18.2 Å². The Morgan fingerprint density at radius 3 is 2.46 bits per heavy atom. The Morgan fingerprint density at radius 2 is 1.92 bits per heavy atom. The first-order chi connectivity index (χ1) is 12.3. The summed E-state index contributed by atoms with van der Waals surface area (Å²) in [5, 5.41) is 3.03. The summed E-state index contributed by atoms with van der Waals surface area (Å²) in [5.74, 6) is 1.88. The molecule has 0 aliphatic heterocycles. The summed E-state index contributed by atoms with van der Waals surface area (Å²) in [5.41, 5.74) is 0.369. The molecule has 2 aliphatic rings. The zero-order valence-corrected chi connectivity index (χ0v) is 16.2. The van der Waals surface area contributed by atoms with Gasteiger partial charge in [-0.25, -0.2) is 8.42 Å². The molecule has 0 aromatic heterocycles. The number of carbonyl (C=O) groups is 1. The van der Waals surface area contributed by atoms with Crippen molar-refractivity contribution in [2.24, 2.45) is 11.8 Å². The van der Waals surface area contributed by atoms with Crippen molar-refractivity contribution < 1.29 is 22.7 Å². The molecule has 7 nitrogen and oxygen atoms in total. The fraction of sp³-hybridized carbons (Fsp3) is 0.611. The number of carbonyl (C=O) groups excluding carboxylic acids is 1. The van der Waals surface area contributed by atoms with Crippen molar-refractivity contribution in [1.82, 2.24) is 5.32 Å². The minimum atomic E-state index is -3.63. The predicted octanol–water partition coefficient (Wildman–Crippen LogP) is 1.77. The topological polar surface area (TPSA) is 84.9 Å². The first-order valence-corrected chi connectivity index (χ1v) is 10.7. The summed E-state index contributed by atoms with van der Waals surface area (Å²) >= 11 is 0. The van der Waals surface area contributed by atoms with Crippen LogP contribution < -0.4 is 19.1 Å². The maximum Gasteiger partial charge on any atom is 0.241 e. The first-order valence-electron chi connectivity index (χ1n) is 8.81. The molecule has 2 bridgehead atoms. The van der Waals surface area contributed by atoms with E-state index in [1.165, 1.54) is 27.1 Å². The second-order valence-electron chi connectivity index (χ2n) is 7.16. The van der Waals surface area contributed by atoms with Gasteiger partial charge in [0.15, 0.2) is 11.5 Å². The third-order valence-corrected chi connectivity index (χ3v) is 6.57. The van der Waals surface area contributed by atoms with E-state index in [9.17, 15) is 13.2 Å². The Morgan fingerprint density at radius 1 is 1.19 bits per heavy atom. The van der Waals surface area contributed by atoms with Crippen LogP contribution in [0.4, 0.5) is 5.69 Å². The van der Waals surface area contributed by atoms with Gasteiger partial charge in [-0.15, -0.1) is 0 Å². The van der Waals surface area contributed by atoms with Crippen LogP contribution in [0.1, 0.15) is 25.7 Å². The largest absolute Gasteiger partial charge is 0.493 e. The van der Waals surface area contributed by atoms with Crippen molar-refractivity contribution in [3.05, 3.63) is 18.2 Å². The van der Waals surface area contributed by atoms with Crippen molar-refractivity contribution in [1.29, 1.82) is 0 Å². The van der Waals surface area contributed by atoms with Gasteiger partial charge in [-0.05, 0) is 43.2 Å². The highest BCUT2D eigenvalue weighted by Crippen LogP contribution is 2.44. The fourth-order valence-corrected chi connectivity index (χ4v) is 5.03. The van der Waals surface area contributed by atoms with E-state index in [1.807, 2.05) is 0 Å². The maximum atomic E-state index is 12.5. The standard InChI is InChI=1S/C18H26N2O5S/c1-24-16-7-6-14(10-17(16)25-2)20(26(3,22)23)11-18(21)19-15-9-12-4-5-13(15)8-12/h6-7,10,12-13,15H,4-5,8-9,11H2,1-3H3,(H,19,21). The molecule has 144 valence electrons. The van der Waals surface area contributed by atoms with E-state index in [0.717, 1.165) is 23.4 Å². The van der Waals surface area contributed by atoms with Gasteiger partial charge in [0.1, 0.15) is 6.54 Å². The molecule has 8 heteroatoms. The first kappa shape index (κ1) is 18.8. The number of ether oxygens (including phenoxy) is 2. The number of amides is 1. The smallest absolute Gasteiger partial charge is 0.241 e. The van der Waals surface area contributed by atoms with Gasteiger partial charge in [-0.1, -0.05) is 6.42 Å². The number of hydrogen-bond acceptors (Lipinski definition) is 5. The Hall–Kier alpha value is -1.96. The zero-order valence-electron chi connectivity index (χ0n) is 15.4. The lowest BCUT2D eigenvalue weighted by molar-refractivity contribution is -0.120. The summed E-state index contributed by atoms with van der Waals surface area (Å²) in [7, 11) is -0.636. The van der Waals surface area contributed by atoms with Crippen LogP contribution >= 0.6 is 0 Å². The molecule has 2 saturated carbocycles. The molecular weight excluding hydrogens is 356 g/mol. The van der Waals surface area contributed by atoms with E-state index in [-0.39, 0.29) is 18.5 Å². The van der Waals surface area contributed by atoms with Gasteiger partial charge in [0.2, 0.25) is 15.9 Å². The fourth-order valence-electron chi connectivity index (χ4n) is 4.18. The number of sulfonamides is 1. The molecular formula is C18H26N2O5S. The van der Waals surface area contributed by atoms with Gasteiger partial charge >= 0.3 is 0 Å². The van der Waals surface area contributed by atoms with Crippen LogP contribution in [0.3, 0.4) is 0 Å². The number of hydrogen-bond donors (Lipinski definition) is 1. The molecule has 1 N–H and O–H groups in total. The monoisotopic (exact) mass is 382 g/mol. The number of benzene rings is 1. The van der Waals surface area contributed by atoms with Crippen LogP contribution in [0, 0.1) is 11.8 Å². The van der Waals surface area contributed by atoms with Crippen molar-refractivity contribution in [3.63, 3.8) is 0 Å². The van der Waals surface area contributed by atoms with Crippen LogP contribution in [0.25, 0.3) is 0 Å². The van der Waals surface area contributed by atoms with E-state index in [2.05, 4.69) is 5.32 Å². The number of anilines is 1. The van der Waals surface area contributed by atoms with Gasteiger partial charge < -0.3 is 14.8 Å². The van der Waals surface area contributed by atoms with Crippen LogP contribution in [0.15, 0.2) is 18.2 Å². The third-order valence-electron chi connectivity index (χ3n) is 5.43. The summed E-state index contributed by atoms with van der Waals surface area (Å²) in [6, 6.07) is 4.96. The van der Waals surface area contributed by atoms with E-state index in [0.29, 0.717) is 29.0 Å². The molecule has 1 aromatic rings. The second kappa shape index (κ2) is 7.34. The molecule has 0 radical (unpaired) electrons. The highest BCUT2D eigenvalue weighted by molar-refractivity contribution is 7.92. The zero-order chi connectivity index (χ0) is 18.9. The number of rotatable bonds is 7. The molecule has 3 atom stereocenters. The van der Waals surface area contributed by atoms with Gasteiger partial charge in [0.25, 0.3) is 0 Å². The summed E-state index contributed by atoms with van der Waals surface area (Å²) in [6.07, 6.45) is 5.68. The lowest BCUT2D eigenvalue weighted by Gasteiger charge is -2.26. The highest BCUT2D eigenvalue weighted by Gasteiger charge is 2.40. The Bertz CT molecular complexity index is 780. The second-order valence-corrected chi connectivity index (χ2v) is 9.06. The molecule has 0 heterocycles.